The van der Waals surface area contributed by atoms with E-state index in [0.29, 0.717) is 29.1 Å². The van der Waals surface area contributed by atoms with Crippen molar-refractivity contribution in [3.8, 4) is 11.5 Å². The quantitative estimate of drug-likeness (QED) is 0.707. The van der Waals surface area contributed by atoms with Crippen LogP contribution in [0.5, 0.6) is 11.5 Å². The zero-order valence-corrected chi connectivity index (χ0v) is 15.9. The van der Waals surface area contributed by atoms with Gasteiger partial charge in [-0.3, -0.25) is 9.36 Å². The topological polar surface area (TPSA) is 82.7 Å². The van der Waals surface area contributed by atoms with Gasteiger partial charge in [0.15, 0.2) is 5.58 Å². The van der Waals surface area contributed by atoms with Crippen molar-refractivity contribution in [3.63, 3.8) is 0 Å². The molecule has 2 heterocycles. The summed E-state index contributed by atoms with van der Waals surface area (Å²) >= 11 is 0. The molecule has 146 valence electrons. The van der Waals surface area contributed by atoms with Gasteiger partial charge in [-0.2, -0.15) is 0 Å². The Kier molecular flexibility index (Phi) is 4.81. The molecule has 0 spiro atoms. The number of nitrogens with zero attached hydrogens (tertiary/aromatic N) is 1. The Morgan fingerprint density at radius 1 is 1.32 bits per heavy atom. The van der Waals surface area contributed by atoms with E-state index in [4.69, 9.17) is 13.9 Å². The summed E-state index contributed by atoms with van der Waals surface area (Å²) in [5.41, 5.74) is 2.83. The molecular weight excluding hydrogens is 360 g/mol. The van der Waals surface area contributed by atoms with Crippen LogP contribution in [-0.2, 0) is 17.8 Å². The summed E-state index contributed by atoms with van der Waals surface area (Å²) in [5, 5.41) is 2.88. The number of para-hydroxylation sites is 2. The molecule has 2 aromatic carbocycles. The van der Waals surface area contributed by atoms with Crippen LogP contribution in [0.15, 0.2) is 45.6 Å². The molecule has 0 fully saturated rings. The number of nitrogens with one attached hydrogen (secondary N) is 1. The maximum absolute atomic E-state index is 12.5. The smallest absolute Gasteiger partial charge is 0.419 e. The van der Waals surface area contributed by atoms with Crippen molar-refractivity contribution in [1.29, 1.82) is 0 Å². The minimum absolute atomic E-state index is 0.108. The number of carbonyl (C=O) groups excluding carboxylic acids is 1. The van der Waals surface area contributed by atoms with Crippen LogP contribution < -0.4 is 20.5 Å². The Bertz CT molecular complexity index is 1080. The van der Waals surface area contributed by atoms with Gasteiger partial charge in [-0.05, 0) is 32.0 Å². The lowest BCUT2D eigenvalue weighted by molar-refractivity contribution is -0.116. The third-order valence-electron chi connectivity index (χ3n) is 4.71. The first-order chi connectivity index (χ1) is 13.5. The number of carbonyl (C=O) groups is 1. The maximum atomic E-state index is 12.5. The Balaban J connectivity index is 1.50. The third kappa shape index (κ3) is 3.47. The Morgan fingerprint density at radius 2 is 2.14 bits per heavy atom. The number of fused-ring (bicyclic) bond motifs is 2. The summed E-state index contributed by atoms with van der Waals surface area (Å²) < 4.78 is 18.1. The fraction of sp³-hybridized carbons (Fsp3) is 0.333. The Labute approximate surface area is 161 Å². The highest BCUT2D eigenvalue weighted by molar-refractivity contribution is 5.92. The van der Waals surface area contributed by atoms with Gasteiger partial charge in [-0.1, -0.05) is 12.1 Å². The molecule has 1 aliphatic heterocycles. The second kappa shape index (κ2) is 7.42. The van der Waals surface area contributed by atoms with Crippen LogP contribution in [0.4, 0.5) is 5.69 Å². The molecule has 3 aromatic rings. The van der Waals surface area contributed by atoms with Crippen molar-refractivity contribution in [1.82, 2.24) is 4.57 Å². The van der Waals surface area contributed by atoms with Gasteiger partial charge < -0.3 is 19.2 Å². The van der Waals surface area contributed by atoms with Crippen molar-refractivity contribution in [2.75, 3.05) is 11.9 Å². The fourth-order valence-corrected chi connectivity index (χ4v) is 3.46. The number of aromatic nitrogens is 1. The summed E-state index contributed by atoms with van der Waals surface area (Å²) in [6, 6.07) is 10.9. The highest BCUT2D eigenvalue weighted by Gasteiger charge is 2.22. The number of rotatable bonds is 6. The minimum atomic E-state index is -0.469. The zero-order chi connectivity index (χ0) is 19.7. The van der Waals surface area contributed by atoms with Gasteiger partial charge in [-0.25, -0.2) is 4.79 Å². The van der Waals surface area contributed by atoms with Gasteiger partial charge >= 0.3 is 5.76 Å². The first-order valence-corrected chi connectivity index (χ1v) is 9.39. The number of hydrogen-bond donors (Lipinski definition) is 1. The number of aryl methyl sites for hydroxylation is 1. The number of amides is 1. The zero-order valence-electron chi connectivity index (χ0n) is 15.9. The molecule has 1 N–H and O–H groups in total. The van der Waals surface area contributed by atoms with Crippen LogP contribution in [0, 0.1) is 0 Å². The molecule has 28 heavy (non-hydrogen) atoms. The predicted molar refractivity (Wildman–Crippen MR) is 105 cm³/mol. The second-order valence-corrected chi connectivity index (χ2v) is 6.81. The number of anilines is 1. The van der Waals surface area contributed by atoms with E-state index < -0.39 is 5.76 Å². The van der Waals surface area contributed by atoms with Crippen LogP contribution in [-0.4, -0.2) is 23.2 Å². The number of oxazole rings is 1. The summed E-state index contributed by atoms with van der Waals surface area (Å²) in [7, 11) is 0. The van der Waals surface area contributed by atoms with Gasteiger partial charge in [0.2, 0.25) is 5.91 Å². The lowest BCUT2D eigenvalue weighted by atomic mass is 10.1. The van der Waals surface area contributed by atoms with E-state index in [1.165, 1.54) is 4.57 Å². The number of benzene rings is 2. The molecule has 0 saturated heterocycles. The van der Waals surface area contributed by atoms with E-state index >= 15 is 0 Å². The van der Waals surface area contributed by atoms with Gasteiger partial charge in [0, 0.05) is 31.0 Å². The molecule has 4 rings (SSSR count). The second-order valence-electron chi connectivity index (χ2n) is 6.81. The molecule has 1 amide bonds. The predicted octanol–water partition coefficient (Wildman–Crippen LogP) is 3.35. The molecule has 0 bridgehead atoms. The van der Waals surface area contributed by atoms with Crippen molar-refractivity contribution in [2.24, 2.45) is 0 Å². The van der Waals surface area contributed by atoms with Crippen LogP contribution in [0.2, 0.25) is 0 Å². The van der Waals surface area contributed by atoms with E-state index in [2.05, 4.69) is 5.32 Å². The molecule has 1 aliphatic rings. The molecule has 0 radical (unpaired) electrons. The molecule has 1 aromatic heterocycles. The van der Waals surface area contributed by atoms with E-state index in [0.717, 1.165) is 17.7 Å². The monoisotopic (exact) mass is 382 g/mol. The summed E-state index contributed by atoms with van der Waals surface area (Å²) in [4.78, 5) is 24.6. The molecule has 7 nitrogen and oxygen atoms in total. The van der Waals surface area contributed by atoms with Crippen molar-refractivity contribution >= 4 is 22.7 Å². The average Bonchev–Trinajstić information content (AvgIpc) is 3.18. The largest absolute Gasteiger partial charge is 0.492 e. The highest BCUT2D eigenvalue weighted by atomic mass is 16.5. The van der Waals surface area contributed by atoms with Gasteiger partial charge in [-0.15, -0.1) is 0 Å². The van der Waals surface area contributed by atoms with Crippen molar-refractivity contribution < 1.29 is 18.7 Å². The van der Waals surface area contributed by atoms with E-state index in [1.807, 2.05) is 26.0 Å². The van der Waals surface area contributed by atoms with Crippen LogP contribution in [0.1, 0.15) is 25.8 Å². The highest BCUT2D eigenvalue weighted by Crippen LogP contribution is 2.38. The first kappa shape index (κ1) is 18.2. The van der Waals surface area contributed by atoms with E-state index in [1.54, 1.807) is 24.3 Å². The van der Waals surface area contributed by atoms with Crippen LogP contribution in [0.3, 0.4) is 0 Å². The molecule has 0 aliphatic carbocycles. The van der Waals surface area contributed by atoms with Crippen molar-refractivity contribution in [2.45, 2.75) is 39.3 Å². The summed E-state index contributed by atoms with van der Waals surface area (Å²) in [6.45, 7) is 4.62. The Hall–Kier alpha value is -3.22. The SMILES string of the molecule is CCOc1cc2c(cc1NC(=O)CCn1c(=O)oc3ccccc31)O[C@@H](C)C2. The molecule has 0 saturated carbocycles. The van der Waals surface area contributed by atoms with Gasteiger partial charge in [0.1, 0.15) is 17.6 Å². The summed E-state index contributed by atoms with van der Waals surface area (Å²) in [5.74, 6) is 0.703. The Morgan fingerprint density at radius 3 is 2.96 bits per heavy atom. The van der Waals surface area contributed by atoms with E-state index in [9.17, 15) is 9.59 Å². The number of hydrogen-bond acceptors (Lipinski definition) is 5. The van der Waals surface area contributed by atoms with E-state index in [-0.39, 0.29) is 25.0 Å². The molecule has 1 atom stereocenters. The lowest BCUT2D eigenvalue weighted by Crippen LogP contribution is -2.20. The fourth-order valence-electron chi connectivity index (χ4n) is 3.46. The normalized spacial score (nSPS) is 15.3. The van der Waals surface area contributed by atoms with Crippen molar-refractivity contribution in [3.05, 3.63) is 52.5 Å². The lowest BCUT2D eigenvalue weighted by Gasteiger charge is -2.13. The van der Waals surface area contributed by atoms with Crippen LogP contribution in [0.25, 0.3) is 11.1 Å². The van der Waals surface area contributed by atoms with Crippen LogP contribution >= 0.6 is 0 Å². The molecular formula is C21H22N2O5. The molecule has 7 heteroatoms. The summed E-state index contributed by atoms with van der Waals surface area (Å²) in [6.07, 6.45) is 1.06. The van der Waals surface area contributed by atoms with Gasteiger partial charge in [0.05, 0.1) is 17.8 Å². The molecule has 0 unspecified atom stereocenters. The first-order valence-electron chi connectivity index (χ1n) is 9.39. The number of ether oxygens (including phenoxy) is 2. The standard InChI is InChI=1S/C21H22N2O5/c1-3-26-19-11-14-10-13(2)27-18(14)12-15(19)22-20(24)8-9-23-16-6-4-5-7-17(16)28-21(23)25/h4-7,11-13H,3,8-10H2,1-2H3,(H,22,24)/t13-/m0/s1. The maximum Gasteiger partial charge on any atom is 0.419 e. The minimum Gasteiger partial charge on any atom is -0.492 e. The van der Waals surface area contributed by atoms with Gasteiger partial charge in [0.25, 0.3) is 0 Å². The third-order valence-corrected chi connectivity index (χ3v) is 4.71. The average molecular weight is 382 g/mol.